The predicted octanol–water partition coefficient (Wildman–Crippen LogP) is 5.06. The summed E-state index contributed by atoms with van der Waals surface area (Å²) in [5.41, 5.74) is 5.31. The van der Waals surface area contributed by atoms with Gasteiger partial charge in [0.1, 0.15) is 0 Å². The van der Waals surface area contributed by atoms with E-state index in [2.05, 4.69) is 88.2 Å². The molecule has 0 heterocycles. The normalized spacial score (nSPS) is 11.4. The van der Waals surface area contributed by atoms with Gasteiger partial charge in [0.15, 0.2) is 0 Å². The SMILES string of the molecule is Cc1cccc(N(C)c2ccc(C(C)(C)C)cc2)c1. The molecule has 0 amide bonds. The van der Waals surface area contributed by atoms with Gasteiger partial charge in [-0.05, 0) is 47.7 Å². The zero-order valence-electron chi connectivity index (χ0n) is 12.6. The van der Waals surface area contributed by atoms with E-state index in [0.29, 0.717) is 0 Å². The van der Waals surface area contributed by atoms with E-state index < -0.39 is 0 Å². The molecule has 0 N–H and O–H groups in total. The van der Waals surface area contributed by atoms with Crippen LogP contribution >= 0.6 is 0 Å². The van der Waals surface area contributed by atoms with Crippen molar-refractivity contribution in [1.29, 1.82) is 0 Å². The van der Waals surface area contributed by atoms with Crippen molar-refractivity contribution in [2.45, 2.75) is 33.1 Å². The predicted molar refractivity (Wildman–Crippen MR) is 84.4 cm³/mol. The lowest BCUT2D eigenvalue weighted by molar-refractivity contribution is 0.590. The summed E-state index contributed by atoms with van der Waals surface area (Å²) >= 11 is 0. The average molecular weight is 253 g/mol. The lowest BCUT2D eigenvalue weighted by Crippen LogP contribution is -2.13. The Morgan fingerprint density at radius 3 is 2.00 bits per heavy atom. The van der Waals surface area contributed by atoms with Crippen molar-refractivity contribution in [3.63, 3.8) is 0 Å². The third-order valence-electron chi connectivity index (χ3n) is 3.51. The Balaban J connectivity index is 2.27. The minimum atomic E-state index is 0.209. The molecule has 0 aliphatic heterocycles. The van der Waals surface area contributed by atoms with Crippen LogP contribution in [0.1, 0.15) is 31.9 Å². The molecule has 1 nitrogen and oxygen atoms in total. The van der Waals surface area contributed by atoms with Crippen LogP contribution in [0.25, 0.3) is 0 Å². The average Bonchev–Trinajstić information content (AvgIpc) is 2.37. The molecule has 0 saturated heterocycles. The molecule has 0 radical (unpaired) electrons. The Morgan fingerprint density at radius 2 is 1.47 bits per heavy atom. The minimum absolute atomic E-state index is 0.209. The zero-order valence-corrected chi connectivity index (χ0v) is 12.6. The maximum absolute atomic E-state index is 2.24. The number of hydrogen-bond donors (Lipinski definition) is 0. The molecule has 0 saturated carbocycles. The van der Waals surface area contributed by atoms with E-state index in [0.717, 1.165) is 0 Å². The first-order valence-corrected chi connectivity index (χ1v) is 6.79. The molecule has 2 rings (SSSR count). The van der Waals surface area contributed by atoms with Crippen LogP contribution in [0.15, 0.2) is 48.5 Å². The summed E-state index contributed by atoms with van der Waals surface area (Å²) in [4.78, 5) is 2.22. The highest BCUT2D eigenvalue weighted by molar-refractivity contribution is 5.63. The molecule has 0 unspecified atom stereocenters. The topological polar surface area (TPSA) is 3.24 Å². The van der Waals surface area contributed by atoms with Crippen LogP contribution < -0.4 is 4.90 Å². The van der Waals surface area contributed by atoms with E-state index in [1.54, 1.807) is 0 Å². The maximum Gasteiger partial charge on any atom is 0.0410 e. The van der Waals surface area contributed by atoms with Crippen LogP contribution in [0.2, 0.25) is 0 Å². The van der Waals surface area contributed by atoms with Gasteiger partial charge in [-0.3, -0.25) is 0 Å². The van der Waals surface area contributed by atoms with E-state index in [4.69, 9.17) is 0 Å². The number of aryl methyl sites for hydroxylation is 1. The fourth-order valence-electron chi connectivity index (χ4n) is 2.17. The highest BCUT2D eigenvalue weighted by Crippen LogP contribution is 2.28. The molecule has 0 aliphatic rings. The Bertz CT molecular complexity index is 547. The minimum Gasteiger partial charge on any atom is -0.345 e. The molecule has 0 aliphatic carbocycles. The third-order valence-corrected chi connectivity index (χ3v) is 3.51. The summed E-state index contributed by atoms with van der Waals surface area (Å²) < 4.78 is 0. The summed E-state index contributed by atoms with van der Waals surface area (Å²) in [5, 5.41) is 0. The molecule has 19 heavy (non-hydrogen) atoms. The largest absolute Gasteiger partial charge is 0.345 e. The van der Waals surface area contributed by atoms with Gasteiger partial charge in [-0.15, -0.1) is 0 Å². The quantitative estimate of drug-likeness (QED) is 0.723. The molecule has 2 aromatic carbocycles. The smallest absolute Gasteiger partial charge is 0.0410 e. The second-order valence-electron chi connectivity index (χ2n) is 6.19. The van der Waals surface area contributed by atoms with Gasteiger partial charge in [0, 0.05) is 18.4 Å². The van der Waals surface area contributed by atoms with Crippen LogP contribution in [0.4, 0.5) is 11.4 Å². The number of rotatable bonds is 2. The second-order valence-corrected chi connectivity index (χ2v) is 6.19. The number of hydrogen-bond acceptors (Lipinski definition) is 1. The maximum atomic E-state index is 2.24. The zero-order chi connectivity index (χ0) is 14.0. The Morgan fingerprint density at radius 1 is 0.842 bits per heavy atom. The molecule has 0 spiro atoms. The Labute approximate surface area is 116 Å². The first-order chi connectivity index (χ1) is 8.88. The van der Waals surface area contributed by atoms with E-state index in [1.807, 2.05) is 0 Å². The van der Waals surface area contributed by atoms with Crippen LogP contribution in [0.5, 0.6) is 0 Å². The van der Waals surface area contributed by atoms with E-state index in [9.17, 15) is 0 Å². The first kappa shape index (κ1) is 13.7. The van der Waals surface area contributed by atoms with Crippen molar-refractivity contribution in [2.75, 3.05) is 11.9 Å². The van der Waals surface area contributed by atoms with Gasteiger partial charge < -0.3 is 4.90 Å². The molecule has 0 aromatic heterocycles. The summed E-state index contributed by atoms with van der Waals surface area (Å²) in [5.74, 6) is 0. The molecule has 2 aromatic rings. The number of benzene rings is 2. The second kappa shape index (κ2) is 5.08. The van der Waals surface area contributed by atoms with Gasteiger partial charge in [0.2, 0.25) is 0 Å². The van der Waals surface area contributed by atoms with Crippen LogP contribution in [-0.4, -0.2) is 7.05 Å². The number of anilines is 2. The van der Waals surface area contributed by atoms with Gasteiger partial charge in [-0.2, -0.15) is 0 Å². The van der Waals surface area contributed by atoms with Crippen molar-refractivity contribution < 1.29 is 0 Å². The van der Waals surface area contributed by atoms with Crippen molar-refractivity contribution >= 4 is 11.4 Å². The standard InChI is InChI=1S/C18H23N/c1-14-7-6-8-17(13-14)19(5)16-11-9-15(10-12-16)18(2,3)4/h6-13H,1-5H3. The summed E-state index contributed by atoms with van der Waals surface area (Å²) in [6, 6.07) is 17.4. The highest BCUT2D eigenvalue weighted by Gasteiger charge is 2.13. The molecular weight excluding hydrogens is 230 g/mol. The molecular formula is C18H23N. The van der Waals surface area contributed by atoms with E-state index >= 15 is 0 Å². The molecule has 0 atom stereocenters. The molecule has 1 heteroatoms. The summed E-state index contributed by atoms with van der Waals surface area (Å²) in [6.07, 6.45) is 0. The van der Waals surface area contributed by atoms with Gasteiger partial charge in [0.05, 0.1) is 0 Å². The van der Waals surface area contributed by atoms with Gasteiger partial charge in [-0.25, -0.2) is 0 Å². The fourth-order valence-corrected chi connectivity index (χ4v) is 2.17. The van der Waals surface area contributed by atoms with E-state index in [1.165, 1.54) is 22.5 Å². The lowest BCUT2D eigenvalue weighted by atomic mass is 9.87. The third kappa shape index (κ3) is 3.17. The lowest BCUT2D eigenvalue weighted by Gasteiger charge is -2.23. The van der Waals surface area contributed by atoms with Crippen molar-refractivity contribution in [2.24, 2.45) is 0 Å². The van der Waals surface area contributed by atoms with E-state index in [-0.39, 0.29) is 5.41 Å². The van der Waals surface area contributed by atoms with Crippen LogP contribution in [0.3, 0.4) is 0 Å². The Hall–Kier alpha value is -1.76. The highest BCUT2D eigenvalue weighted by atomic mass is 15.1. The van der Waals surface area contributed by atoms with Gasteiger partial charge in [-0.1, -0.05) is 45.0 Å². The first-order valence-electron chi connectivity index (χ1n) is 6.79. The van der Waals surface area contributed by atoms with Crippen molar-refractivity contribution in [3.8, 4) is 0 Å². The Kier molecular flexibility index (Phi) is 3.66. The monoisotopic (exact) mass is 253 g/mol. The van der Waals surface area contributed by atoms with Crippen LogP contribution in [0, 0.1) is 6.92 Å². The fraction of sp³-hybridized carbons (Fsp3) is 0.333. The van der Waals surface area contributed by atoms with Gasteiger partial charge in [0.25, 0.3) is 0 Å². The van der Waals surface area contributed by atoms with Gasteiger partial charge >= 0.3 is 0 Å². The molecule has 100 valence electrons. The summed E-state index contributed by atoms with van der Waals surface area (Å²) in [6.45, 7) is 8.85. The van der Waals surface area contributed by atoms with Crippen molar-refractivity contribution in [3.05, 3.63) is 59.7 Å². The summed E-state index contributed by atoms with van der Waals surface area (Å²) in [7, 11) is 2.11. The van der Waals surface area contributed by atoms with Crippen LogP contribution in [-0.2, 0) is 5.41 Å². The number of nitrogens with zero attached hydrogens (tertiary/aromatic N) is 1. The van der Waals surface area contributed by atoms with Crippen molar-refractivity contribution in [1.82, 2.24) is 0 Å². The molecule has 0 fully saturated rings. The molecule has 0 bridgehead atoms.